The number of carboxylic acid groups (broad SMARTS) is 1. The van der Waals surface area contributed by atoms with Crippen LogP contribution in [0.3, 0.4) is 0 Å². The quantitative estimate of drug-likeness (QED) is 0.672. The smallest absolute Gasteiger partial charge is 0.339 e. The van der Waals surface area contributed by atoms with Gasteiger partial charge in [0, 0.05) is 0 Å². The van der Waals surface area contributed by atoms with E-state index in [1.165, 1.54) is 0 Å². The molecule has 8 heteroatoms. The van der Waals surface area contributed by atoms with Gasteiger partial charge in [-0.2, -0.15) is 0 Å². The summed E-state index contributed by atoms with van der Waals surface area (Å²) in [6, 6.07) is 2.95. The average Bonchev–Trinajstić information content (AvgIpc) is 2.27. The van der Waals surface area contributed by atoms with Gasteiger partial charge in [-0.1, -0.05) is 18.7 Å². The van der Waals surface area contributed by atoms with E-state index in [9.17, 15) is 18.3 Å². The van der Waals surface area contributed by atoms with Crippen molar-refractivity contribution in [1.82, 2.24) is 4.89 Å². The molecule has 106 valence electrons. The zero-order valence-electron chi connectivity index (χ0n) is 10.5. The molecule has 0 saturated carbocycles. The molecule has 1 aromatic carbocycles. The van der Waals surface area contributed by atoms with Crippen LogP contribution >= 0.6 is 0 Å². The van der Waals surface area contributed by atoms with Crippen molar-refractivity contribution in [2.24, 2.45) is 5.92 Å². The van der Waals surface area contributed by atoms with E-state index in [0.717, 1.165) is 18.2 Å². The lowest BCUT2D eigenvalue weighted by Gasteiger charge is -2.09. The number of sulfonamides is 1. The van der Waals surface area contributed by atoms with Crippen molar-refractivity contribution >= 4 is 16.0 Å². The standard InChI is InChI=1S/C11H15NO6S/c1-7(2)6-18-12-19(16,17)8-3-4-10(13)9(5-8)11(14)15/h3-5,7,12-13H,6H2,1-2H3,(H,14,15). The topological polar surface area (TPSA) is 113 Å². The summed E-state index contributed by atoms with van der Waals surface area (Å²) in [6.07, 6.45) is 0. The molecule has 0 heterocycles. The highest BCUT2D eigenvalue weighted by Crippen LogP contribution is 2.21. The molecule has 0 radical (unpaired) electrons. The minimum atomic E-state index is -3.98. The van der Waals surface area contributed by atoms with Crippen molar-refractivity contribution in [3.05, 3.63) is 23.8 Å². The van der Waals surface area contributed by atoms with Crippen LogP contribution in [0.4, 0.5) is 0 Å². The monoisotopic (exact) mass is 289 g/mol. The van der Waals surface area contributed by atoms with Crippen molar-refractivity contribution in [3.63, 3.8) is 0 Å². The molecule has 0 amide bonds. The van der Waals surface area contributed by atoms with Crippen LogP contribution in [-0.2, 0) is 14.9 Å². The molecule has 0 atom stereocenters. The Balaban J connectivity index is 2.96. The molecule has 1 aromatic rings. The molecule has 0 saturated heterocycles. The number of hydrogen-bond donors (Lipinski definition) is 3. The third kappa shape index (κ3) is 4.19. The second-order valence-electron chi connectivity index (χ2n) is 4.28. The first kappa shape index (κ1) is 15.4. The summed E-state index contributed by atoms with van der Waals surface area (Å²) >= 11 is 0. The molecule has 0 aromatic heterocycles. The van der Waals surface area contributed by atoms with E-state index in [1.54, 1.807) is 0 Å². The highest BCUT2D eigenvalue weighted by atomic mass is 32.2. The first-order valence-corrected chi connectivity index (χ1v) is 6.92. The second-order valence-corrected chi connectivity index (χ2v) is 5.92. The molecule has 3 N–H and O–H groups in total. The predicted molar refractivity (Wildman–Crippen MR) is 66.2 cm³/mol. The number of aromatic carboxylic acids is 1. The van der Waals surface area contributed by atoms with Gasteiger partial charge in [-0.25, -0.2) is 13.2 Å². The Hall–Kier alpha value is -1.64. The van der Waals surface area contributed by atoms with Crippen LogP contribution in [0, 0.1) is 5.92 Å². The number of benzene rings is 1. The molecule has 0 fully saturated rings. The maximum absolute atomic E-state index is 11.8. The van der Waals surface area contributed by atoms with E-state index in [0.29, 0.717) is 0 Å². The molecular formula is C11H15NO6S. The normalized spacial score (nSPS) is 11.7. The number of nitrogens with one attached hydrogen (secondary N) is 1. The molecule has 1 rings (SSSR count). The summed E-state index contributed by atoms with van der Waals surface area (Å²) in [5, 5.41) is 18.1. The van der Waals surface area contributed by atoms with Gasteiger partial charge in [0.05, 0.1) is 11.5 Å². The lowest BCUT2D eigenvalue weighted by atomic mass is 10.2. The Morgan fingerprint density at radius 2 is 2.05 bits per heavy atom. The van der Waals surface area contributed by atoms with Crippen LogP contribution in [0.25, 0.3) is 0 Å². The van der Waals surface area contributed by atoms with Gasteiger partial charge in [0.2, 0.25) is 0 Å². The number of hydrogen-bond acceptors (Lipinski definition) is 5. The zero-order valence-corrected chi connectivity index (χ0v) is 11.3. The molecule has 0 unspecified atom stereocenters. The van der Waals surface area contributed by atoms with Crippen LogP contribution in [0.15, 0.2) is 23.1 Å². The average molecular weight is 289 g/mol. The zero-order chi connectivity index (χ0) is 14.6. The van der Waals surface area contributed by atoms with E-state index in [4.69, 9.17) is 9.94 Å². The Bertz CT molecular complexity index is 567. The van der Waals surface area contributed by atoms with Gasteiger partial charge in [0.15, 0.2) is 0 Å². The van der Waals surface area contributed by atoms with Crippen molar-refractivity contribution in [2.45, 2.75) is 18.7 Å². The summed E-state index contributed by atoms with van der Waals surface area (Å²) in [6.45, 7) is 3.87. The SMILES string of the molecule is CC(C)CONS(=O)(=O)c1ccc(O)c(C(=O)O)c1. The lowest BCUT2D eigenvalue weighted by Crippen LogP contribution is -2.26. The number of carboxylic acids is 1. The van der Waals surface area contributed by atoms with E-state index in [-0.39, 0.29) is 17.4 Å². The van der Waals surface area contributed by atoms with Crippen molar-refractivity contribution < 1.29 is 28.3 Å². The second kappa shape index (κ2) is 6.00. The van der Waals surface area contributed by atoms with E-state index in [1.807, 2.05) is 18.7 Å². The van der Waals surface area contributed by atoms with Crippen LogP contribution in [0.2, 0.25) is 0 Å². The van der Waals surface area contributed by atoms with E-state index in [2.05, 4.69) is 0 Å². The summed E-state index contributed by atoms with van der Waals surface area (Å²) in [7, 11) is -3.98. The third-order valence-electron chi connectivity index (χ3n) is 2.09. The molecule has 0 aliphatic heterocycles. The first-order chi connectivity index (χ1) is 8.74. The van der Waals surface area contributed by atoms with E-state index >= 15 is 0 Å². The van der Waals surface area contributed by atoms with Gasteiger partial charge < -0.3 is 10.2 Å². The summed E-state index contributed by atoms with van der Waals surface area (Å²) in [5.41, 5.74) is -0.494. The fourth-order valence-corrected chi connectivity index (χ4v) is 2.02. The van der Waals surface area contributed by atoms with Gasteiger partial charge in [0.1, 0.15) is 11.3 Å². The maximum atomic E-state index is 11.8. The minimum absolute atomic E-state index is 0.136. The van der Waals surface area contributed by atoms with E-state index < -0.39 is 27.3 Å². The van der Waals surface area contributed by atoms with Crippen molar-refractivity contribution in [3.8, 4) is 5.75 Å². The number of rotatable bonds is 6. The summed E-state index contributed by atoms with van der Waals surface area (Å²) < 4.78 is 23.6. The van der Waals surface area contributed by atoms with Crippen LogP contribution in [0.1, 0.15) is 24.2 Å². The van der Waals surface area contributed by atoms with Crippen LogP contribution in [0.5, 0.6) is 5.75 Å². The molecular weight excluding hydrogens is 274 g/mol. The number of phenols is 1. The first-order valence-electron chi connectivity index (χ1n) is 5.44. The Morgan fingerprint density at radius 3 is 2.58 bits per heavy atom. The Morgan fingerprint density at radius 1 is 1.42 bits per heavy atom. The lowest BCUT2D eigenvalue weighted by molar-refractivity contribution is 0.0692. The summed E-state index contributed by atoms with van der Waals surface area (Å²) in [4.78, 5) is 17.2. The van der Waals surface area contributed by atoms with Gasteiger partial charge in [-0.3, -0.25) is 4.84 Å². The molecule has 0 bridgehead atoms. The van der Waals surface area contributed by atoms with Crippen LogP contribution in [-0.4, -0.2) is 31.2 Å². The minimum Gasteiger partial charge on any atom is -0.507 e. The molecule has 0 aliphatic rings. The maximum Gasteiger partial charge on any atom is 0.339 e. The van der Waals surface area contributed by atoms with Crippen molar-refractivity contribution in [1.29, 1.82) is 0 Å². The fraction of sp³-hybridized carbons (Fsp3) is 0.364. The highest BCUT2D eigenvalue weighted by Gasteiger charge is 2.19. The largest absolute Gasteiger partial charge is 0.507 e. The van der Waals surface area contributed by atoms with Crippen LogP contribution < -0.4 is 4.89 Å². The Kier molecular flexibility index (Phi) is 4.87. The number of aromatic hydroxyl groups is 1. The summed E-state index contributed by atoms with van der Waals surface area (Å²) in [5.74, 6) is -1.79. The van der Waals surface area contributed by atoms with Gasteiger partial charge >= 0.3 is 5.97 Å². The molecule has 0 aliphatic carbocycles. The highest BCUT2D eigenvalue weighted by molar-refractivity contribution is 7.89. The fourth-order valence-electron chi connectivity index (χ4n) is 1.18. The predicted octanol–water partition coefficient (Wildman–Crippen LogP) is 0.956. The van der Waals surface area contributed by atoms with Crippen molar-refractivity contribution in [2.75, 3.05) is 6.61 Å². The van der Waals surface area contributed by atoms with Gasteiger partial charge in [0.25, 0.3) is 10.0 Å². The molecule has 0 spiro atoms. The third-order valence-corrected chi connectivity index (χ3v) is 3.31. The van der Waals surface area contributed by atoms with Gasteiger partial charge in [-0.05, 0) is 24.1 Å². The molecule has 7 nitrogen and oxygen atoms in total. The Labute approximate surface area is 110 Å². The molecule has 19 heavy (non-hydrogen) atoms. The van der Waals surface area contributed by atoms with Gasteiger partial charge in [-0.15, -0.1) is 0 Å². The number of carbonyl (C=O) groups is 1.